The first-order valence-electron chi connectivity index (χ1n) is 11.7. The number of para-hydroxylation sites is 1. The van der Waals surface area contributed by atoms with Gasteiger partial charge in [-0.2, -0.15) is 0 Å². The molecule has 4 aromatic heterocycles. The Hall–Kier alpha value is -4.63. The minimum Gasteiger partial charge on any atom is -0.494 e. The van der Waals surface area contributed by atoms with Gasteiger partial charge in [-0.25, -0.2) is 15.0 Å². The molecule has 1 N–H and O–H groups in total. The molecule has 0 saturated heterocycles. The quantitative estimate of drug-likeness (QED) is 0.313. The molecule has 0 aliphatic rings. The number of benzene rings is 2. The van der Waals surface area contributed by atoms with E-state index in [-0.39, 0.29) is 11.6 Å². The minimum atomic E-state index is -0.267. The van der Waals surface area contributed by atoms with Crippen LogP contribution in [0.4, 0.5) is 5.82 Å². The first-order chi connectivity index (χ1) is 18.2. The summed E-state index contributed by atoms with van der Waals surface area (Å²) in [7, 11) is 1.60. The highest BCUT2D eigenvalue weighted by atomic mass is 32.1. The third-order valence-corrected chi connectivity index (χ3v) is 7.05. The van der Waals surface area contributed by atoms with Crippen molar-refractivity contribution in [1.29, 1.82) is 0 Å². The van der Waals surface area contributed by atoms with Gasteiger partial charge < -0.3 is 10.1 Å². The van der Waals surface area contributed by atoms with Crippen molar-refractivity contribution in [3.05, 3.63) is 101 Å². The van der Waals surface area contributed by atoms with Gasteiger partial charge in [0.25, 0.3) is 5.56 Å². The predicted octanol–water partition coefficient (Wildman–Crippen LogP) is 5.63. The molecule has 0 bridgehead atoms. The molecule has 0 spiro atoms. The Morgan fingerprint density at radius 1 is 1.00 bits per heavy atom. The molecule has 2 aromatic carbocycles. The van der Waals surface area contributed by atoms with Crippen LogP contribution < -0.4 is 15.6 Å². The maximum Gasteiger partial charge on any atom is 0.263 e. The van der Waals surface area contributed by atoms with Crippen LogP contribution in [0.5, 0.6) is 5.75 Å². The molecule has 0 amide bonds. The first kappa shape index (κ1) is 22.8. The largest absolute Gasteiger partial charge is 0.494 e. The average molecular weight is 507 g/mol. The lowest BCUT2D eigenvalue weighted by molar-refractivity contribution is 0.414. The Morgan fingerprint density at radius 3 is 2.70 bits per heavy atom. The molecule has 6 aromatic rings. The van der Waals surface area contributed by atoms with E-state index in [1.54, 1.807) is 29.6 Å². The van der Waals surface area contributed by atoms with Crippen molar-refractivity contribution in [1.82, 2.24) is 24.5 Å². The summed E-state index contributed by atoms with van der Waals surface area (Å²) in [6, 6.07) is 19.2. The summed E-state index contributed by atoms with van der Waals surface area (Å²) in [5.41, 5.74) is 5.51. The fraction of sp³-hybridized carbons (Fsp3) is 0.107. The van der Waals surface area contributed by atoms with Gasteiger partial charge in [0.2, 0.25) is 0 Å². The lowest BCUT2D eigenvalue weighted by Gasteiger charge is -2.22. The molecule has 1 atom stereocenters. The Labute approximate surface area is 216 Å². The second kappa shape index (κ2) is 9.44. The monoisotopic (exact) mass is 506 g/mol. The van der Waals surface area contributed by atoms with Gasteiger partial charge in [-0.1, -0.05) is 36.4 Å². The Bertz CT molecular complexity index is 1800. The molecule has 6 rings (SSSR count). The summed E-state index contributed by atoms with van der Waals surface area (Å²) in [5.74, 6) is 1.23. The van der Waals surface area contributed by atoms with Crippen molar-refractivity contribution in [3.8, 4) is 22.6 Å². The fourth-order valence-corrected chi connectivity index (χ4v) is 5.24. The SMILES string of the molecule is COc1cnccc1-c1cccc2cc([C@H](C)Nc3ncnc4scnc34)n(-c3ccccc3)c(=O)c12. The minimum absolute atomic E-state index is 0.122. The number of aromatic nitrogens is 5. The van der Waals surface area contributed by atoms with Gasteiger partial charge >= 0.3 is 0 Å². The lowest BCUT2D eigenvalue weighted by Crippen LogP contribution is -2.26. The molecule has 182 valence electrons. The number of ether oxygens (including phenoxy) is 1. The summed E-state index contributed by atoms with van der Waals surface area (Å²) < 4.78 is 7.32. The molecular weight excluding hydrogens is 484 g/mol. The van der Waals surface area contributed by atoms with E-state index in [4.69, 9.17) is 4.74 Å². The number of nitrogens with one attached hydrogen (secondary N) is 1. The van der Waals surface area contributed by atoms with Crippen LogP contribution in [0.1, 0.15) is 18.7 Å². The van der Waals surface area contributed by atoms with Crippen LogP contribution in [-0.4, -0.2) is 31.6 Å². The number of hydrogen-bond donors (Lipinski definition) is 1. The smallest absolute Gasteiger partial charge is 0.263 e. The molecule has 0 fully saturated rings. The fourth-order valence-electron chi connectivity index (χ4n) is 4.61. The van der Waals surface area contributed by atoms with E-state index in [0.717, 1.165) is 32.7 Å². The predicted molar refractivity (Wildman–Crippen MR) is 147 cm³/mol. The zero-order chi connectivity index (χ0) is 25.4. The average Bonchev–Trinajstić information content (AvgIpc) is 3.43. The number of pyridine rings is 2. The van der Waals surface area contributed by atoms with E-state index < -0.39 is 0 Å². The van der Waals surface area contributed by atoms with Gasteiger partial charge in [0.15, 0.2) is 5.82 Å². The van der Waals surface area contributed by atoms with Crippen LogP contribution >= 0.6 is 11.3 Å². The number of methoxy groups -OCH3 is 1. The van der Waals surface area contributed by atoms with Crippen LogP contribution in [0.25, 0.3) is 37.9 Å². The molecule has 8 nitrogen and oxygen atoms in total. The molecule has 0 saturated carbocycles. The van der Waals surface area contributed by atoms with E-state index in [1.165, 1.54) is 17.7 Å². The lowest BCUT2D eigenvalue weighted by atomic mass is 9.98. The van der Waals surface area contributed by atoms with Crippen molar-refractivity contribution < 1.29 is 4.74 Å². The highest BCUT2D eigenvalue weighted by Gasteiger charge is 2.21. The Morgan fingerprint density at radius 2 is 1.86 bits per heavy atom. The summed E-state index contributed by atoms with van der Waals surface area (Å²) in [4.78, 5) is 32.4. The molecule has 37 heavy (non-hydrogen) atoms. The Balaban J connectivity index is 1.59. The van der Waals surface area contributed by atoms with Crippen molar-refractivity contribution >= 4 is 38.3 Å². The van der Waals surface area contributed by atoms with E-state index >= 15 is 0 Å². The third kappa shape index (κ3) is 3.99. The summed E-state index contributed by atoms with van der Waals surface area (Å²) in [6.45, 7) is 2.01. The van der Waals surface area contributed by atoms with E-state index in [0.29, 0.717) is 22.5 Å². The molecule has 9 heteroatoms. The number of rotatable bonds is 6. The topological polar surface area (TPSA) is 94.8 Å². The van der Waals surface area contributed by atoms with Gasteiger partial charge in [-0.3, -0.25) is 14.3 Å². The molecular formula is C28H22N6O2S. The second-order valence-corrected chi connectivity index (χ2v) is 9.32. The molecule has 4 heterocycles. The van der Waals surface area contributed by atoms with Crippen molar-refractivity contribution in [2.24, 2.45) is 0 Å². The standard InChI is InChI=1S/C28H22N6O2S/c1-17(33-26-25-27(31-15-30-26)37-16-32-25)22-13-18-7-6-10-21(20-11-12-29-14-23(20)36-2)24(18)28(35)34(22)19-8-4-3-5-9-19/h3-17H,1-2H3,(H,30,31,33)/t17-/m0/s1. The van der Waals surface area contributed by atoms with Crippen LogP contribution in [-0.2, 0) is 0 Å². The maximum absolute atomic E-state index is 14.3. The summed E-state index contributed by atoms with van der Waals surface area (Å²) >= 11 is 1.46. The number of anilines is 1. The maximum atomic E-state index is 14.3. The van der Waals surface area contributed by atoms with Gasteiger partial charge in [0.05, 0.1) is 30.2 Å². The second-order valence-electron chi connectivity index (χ2n) is 8.49. The van der Waals surface area contributed by atoms with Crippen molar-refractivity contribution in [3.63, 3.8) is 0 Å². The molecule has 0 aliphatic carbocycles. The summed E-state index contributed by atoms with van der Waals surface area (Å²) in [6.07, 6.45) is 4.88. The summed E-state index contributed by atoms with van der Waals surface area (Å²) in [5, 5.41) is 4.90. The Kier molecular flexibility index (Phi) is 5.82. The van der Waals surface area contributed by atoms with Crippen LogP contribution in [0.3, 0.4) is 0 Å². The van der Waals surface area contributed by atoms with Crippen LogP contribution in [0.2, 0.25) is 0 Å². The number of fused-ring (bicyclic) bond motifs is 2. The van der Waals surface area contributed by atoms with Gasteiger partial charge in [-0.05, 0) is 42.1 Å². The highest BCUT2D eigenvalue weighted by Crippen LogP contribution is 2.34. The number of nitrogens with zero attached hydrogens (tertiary/aromatic N) is 5. The first-order valence-corrected chi connectivity index (χ1v) is 12.6. The van der Waals surface area contributed by atoms with Gasteiger partial charge in [-0.15, -0.1) is 11.3 Å². The zero-order valence-electron chi connectivity index (χ0n) is 20.1. The van der Waals surface area contributed by atoms with Crippen LogP contribution in [0.15, 0.2) is 89.7 Å². The normalized spacial score (nSPS) is 12.1. The van der Waals surface area contributed by atoms with E-state index in [2.05, 4.69) is 31.3 Å². The van der Waals surface area contributed by atoms with Gasteiger partial charge in [0.1, 0.15) is 22.4 Å². The highest BCUT2D eigenvalue weighted by molar-refractivity contribution is 7.16. The number of thiazole rings is 1. The number of hydrogen-bond acceptors (Lipinski definition) is 8. The molecule has 0 radical (unpaired) electrons. The third-order valence-electron chi connectivity index (χ3n) is 6.32. The van der Waals surface area contributed by atoms with Gasteiger partial charge in [0, 0.05) is 23.1 Å². The van der Waals surface area contributed by atoms with E-state index in [1.807, 2.05) is 61.5 Å². The molecule has 0 unspecified atom stereocenters. The molecule has 0 aliphatic heterocycles. The van der Waals surface area contributed by atoms with Crippen molar-refractivity contribution in [2.45, 2.75) is 13.0 Å². The zero-order valence-corrected chi connectivity index (χ0v) is 20.9. The van der Waals surface area contributed by atoms with Crippen molar-refractivity contribution in [2.75, 3.05) is 12.4 Å². The van der Waals surface area contributed by atoms with E-state index in [9.17, 15) is 4.79 Å². The van der Waals surface area contributed by atoms with Crippen LogP contribution in [0, 0.1) is 0 Å².